The molecular weight excluding hydrogens is 290 g/mol. The van der Waals surface area contributed by atoms with Crippen molar-refractivity contribution in [2.45, 2.75) is 32.3 Å². The molecule has 0 amide bonds. The van der Waals surface area contributed by atoms with Crippen LogP contribution in [-0.2, 0) is 10.0 Å². The van der Waals surface area contributed by atoms with E-state index in [1.807, 2.05) is 0 Å². The molecule has 6 nitrogen and oxygen atoms in total. The standard InChI is InChI=1S/C14H29N3O3S/c1-14(2,18)12-16-7-9-17(10-8-16)21(19,20)11-13-3-5-15-6-4-13/h13,15,18H,3-12H2,1-2H3. The highest BCUT2D eigenvalue weighted by Crippen LogP contribution is 2.18. The quantitative estimate of drug-likeness (QED) is 0.728. The van der Waals surface area contributed by atoms with Gasteiger partial charge in [-0.3, -0.25) is 4.90 Å². The van der Waals surface area contributed by atoms with Crippen LogP contribution in [0, 0.1) is 5.92 Å². The summed E-state index contributed by atoms with van der Waals surface area (Å²) in [6, 6.07) is 0. The van der Waals surface area contributed by atoms with E-state index in [9.17, 15) is 13.5 Å². The number of nitrogens with one attached hydrogen (secondary N) is 1. The number of hydrogen-bond donors (Lipinski definition) is 2. The Balaban J connectivity index is 1.82. The SMILES string of the molecule is CC(C)(O)CN1CCN(S(=O)(=O)CC2CCNCC2)CC1. The molecule has 0 radical (unpaired) electrons. The van der Waals surface area contributed by atoms with Gasteiger partial charge in [0.05, 0.1) is 11.4 Å². The Morgan fingerprint density at radius 3 is 2.24 bits per heavy atom. The summed E-state index contributed by atoms with van der Waals surface area (Å²) < 4.78 is 26.6. The fourth-order valence-electron chi connectivity index (χ4n) is 3.16. The fourth-order valence-corrected chi connectivity index (χ4v) is 5.02. The van der Waals surface area contributed by atoms with Gasteiger partial charge in [-0.05, 0) is 45.7 Å². The van der Waals surface area contributed by atoms with Crippen LogP contribution in [-0.4, -0.2) is 79.9 Å². The van der Waals surface area contributed by atoms with Crippen LogP contribution in [0.25, 0.3) is 0 Å². The Morgan fingerprint density at radius 1 is 1.14 bits per heavy atom. The minimum absolute atomic E-state index is 0.292. The molecule has 2 N–H and O–H groups in total. The third-order valence-electron chi connectivity index (χ3n) is 4.24. The molecular formula is C14H29N3O3S. The molecule has 0 saturated carbocycles. The van der Waals surface area contributed by atoms with E-state index in [1.165, 1.54) is 0 Å². The van der Waals surface area contributed by atoms with Gasteiger partial charge in [0.25, 0.3) is 0 Å². The Kier molecular flexibility index (Phi) is 5.65. The largest absolute Gasteiger partial charge is 0.389 e. The van der Waals surface area contributed by atoms with E-state index in [4.69, 9.17) is 0 Å². The van der Waals surface area contributed by atoms with E-state index in [1.54, 1.807) is 18.2 Å². The van der Waals surface area contributed by atoms with Crippen molar-refractivity contribution in [2.24, 2.45) is 5.92 Å². The lowest BCUT2D eigenvalue weighted by molar-refractivity contribution is 0.0262. The Labute approximate surface area is 128 Å². The third kappa shape index (κ3) is 5.49. The van der Waals surface area contributed by atoms with E-state index in [2.05, 4.69) is 10.2 Å². The van der Waals surface area contributed by atoms with E-state index in [0.29, 0.717) is 44.4 Å². The van der Waals surface area contributed by atoms with E-state index >= 15 is 0 Å². The topological polar surface area (TPSA) is 72.9 Å². The summed E-state index contributed by atoms with van der Waals surface area (Å²) in [5, 5.41) is 13.1. The average Bonchev–Trinajstić information content (AvgIpc) is 2.38. The van der Waals surface area contributed by atoms with Gasteiger partial charge in [0.2, 0.25) is 10.0 Å². The molecule has 124 valence electrons. The predicted molar refractivity (Wildman–Crippen MR) is 83.7 cm³/mol. The van der Waals surface area contributed by atoms with Crippen molar-refractivity contribution in [3.05, 3.63) is 0 Å². The van der Waals surface area contributed by atoms with E-state index in [-0.39, 0.29) is 0 Å². The van der Waals surface area contributed by atoms with Crippen molar-refractivity contribution >= 4 is 10.0 Å². The van der Waals surface area contributed by atoms with Crippen molar-refractivity contribution in [1.82, 2.24) is 14.5 Å². The molecule has 0 aliphatic carbocycles. The van der Waals surface area contributed by atoms with Gasteiger partial charge >= 0.3 is 0 Å². The third-order valence-corrected chi connectivity index (χ3v) is 6.28. The first kappa shape index (κ1) is 17.1. The fraction of sp³-hybridized carbons (Fsp3) is 1.00. The molecule has 7 heteroatoms. The summed E-state index contributed by atoms with van der Waals surface area (Å²) in [5.41, 5.74) is -0.726. The van der Waals surface area contributed by atoms with Crippen LogP contribution in [0.5, 0.6) is 0 Å². The number of nitrogens with zero attached hydrogens (tertiary/aromatic N) is 2. The normalized spacial score (nSPS) is 24.3. The highest BCUT2D eigenvalue weighted by molar-refractivity contribution is 7.89. The van der Waals surface area contributed by atoms with Gasteiger partial charge in [-0.25, -0.2) is 8.42 Å². The average molecular weight is 319 g/mol. The number of piperidine rings is 1. The zero-order valence-electron chi connectivity index (χ0n) is 13.2. The lowest BCUT2D eigenvalue weighted by atomic mass is 10.0. The number of sulfonamides is 1. The molecule has 2 fully saturated rings. The second-order valence-electron chi connectivity index (χ2n) is 6.96. The molecule has 2 saturated heterocycles. The monoisotopic (exact) mass is 319 g/mol. The lowest BCUT2D eigenvalue weighted by Crippen LogP contribution is -2.52. The molecule has 2 aliphatic heterocycles. The van der Waals surface area contributed by atoms with Crippen molar-refractivity contribution in [3.8, 4) is 0 Å². The smallest absolute Gasteiger partial charge is 0.214 e. The molecule has 0 aromatic heterocycles. The van der Waals surface area contributed by atoms with Gasteiger partial charge in [-0.1, -0.05) is 0 Å². The number of aliphatic hydroxyl groups is 1. The van der Waals surface area contributed by atoms with E-state index < -0.39 is 15.6 Å². The number of hydrogen-bond acceptors (Lipinski definition) is 5. The highest BCUT2D eigenvalue weighted by Gasteiger charge is 2.31. The van der Waals surface area contributed by atoms with Crippen LogP contribution in [0.3, 0.4) is 0 Å². The van der Waals surface area contributed by atoms with Crippen molar-refractivity contribution in [3.63, 3.8) is 0 Å². The number of β-amino-alcohol motifs (C(OH)–C–C–N with tert-alkyl or cyclic N) is 1. The Morgan fingerprint density at radius 2 is 1.71 bits per heavy atom. The molecule has 2 heterocycles. The number of rotatable bonds is 5. The van der Waals surface area contributed by atoms with Crippen LogP contribution in [0.2, 0.25) is 0 Å². The maximum Gasteiger partial charge on any atom is 0.214 e. The minimum Gasteiger partial charge on any atom is -0.389 e. The Hall–Kier alpha value is -0.210. The minimum atomic E-state index is -3.13. The highest BCUT2D eigenvalue weighted by atomic mass is 32.2. The second kappa shape index (κ2) is 6.91. The summed E-state index contributed by atoms with van der Waals surface area (Å²) in [5.74, 6) is 0.589. The molecule has 2 aliphatic rings. The molecule has 0 bridgehead atoms. The van der Waals surface area contributed by atoms with Crippen LogP contribution in [0.15, 0.2) is 0 Å². The van der Waals surface area contributed by atoms with Gasteiger partial charge in [0, 0.05) is 32.7 Å². The van der Waals surface area contributed by atoms with Crippen molar-refractivity contribution in [2.75, 3.05) is 51.6 Å². The van der Waals surface area contributed by atoms with Gasteiger partial charge in [0.1, 0.15) is 0 Å². The maximum atomic E-state index is 12.5. The van der Waals surface area contributed by atoms with Crippen LogP contribution >= 0.6 is 0 Å². The second-order valence-corrected chi connectivity index (χ2v) is 8.97. The summed E-state index contributed by atoms with van der Waals surface area (Å²) in [7, 11) is -3.13. The Bertz CT molecular complexity index is 419. The van der Waals surface area contributed by atoms with Crippen LogP contribution in [0.1, 0.15) is 26.7 Å². The summed E-state index contributed by atoms with van der Waals surface area (Å²) in [4.78, 5) is 2.14. The van der Waals surface area contributed by atoms with Crippen LogP contribution < -0.4 is 5.32 Å². The predicted octanol–water partition coefficient (Wildman–Crippen LogP) is -0.296. The summed E-state index contributed by atoms with van der Waals surface area (Å²) in [6.45, 7) is 8.52. The first-order valence-electron chi connectivity index (χ1n) is 7.89. The molecule has 21 heavy (non-hydrogen) atoms. The molecule has 2 rings (SSSR count). The van der Waals surface area contributed by atoms with E-state index in [0.717, 1.165) is 25.9 Å². The first-order valence-corrected chi connectivity index (χ1v) is 9.50. The summed E-state index contributed by atoms with van der Waals surface area (Å²) in [6.07, 6.45) is 1.91. The van der Waals surface area contributed by atoms with Gasteiger partial charge in [-0.15, -0.1) is 0 Å². The van der Waals surface area contributed by atoms with Gasteiger partial charge in [-0.2, -0.15) is 4.31 Å². The van der Waals surface area contributed by atoms with Gasteiger partial charge in [0.15, 0.2) is 0 Å². The van der Waals surface area contributed by atoms with Crippen LogP contribution in [0.4, 0.5) is 0 Å². The number of piperazine rings is 1. The first-order chi connectivity index (χ1) is 9.76. The molecule has 0 spiro atoms. The molecule has 0 aromatic carbocycles. The zero-order chi connectivity index (χ0) is 15.5. The van der Waals surface area contributed by atoms with Crippen molar-refractivity contribution in [1.29, 1.82) is 0 Å². The van der Waals surface area contributed by atoms with Crippen molar-refractivity contribution < 1.29 is 13.5 Å². The lowest BCUT2D eigenvalue weighted by Gasteiger charge is -2.37. The maximum absolute atomic E-state index is 12.5. The zero-order valence-corrected chi connectivity index (χ0v) is 14.0. The molecule has 0 atom stereocenters. The molecule has 0 aromatic rings. The molecule has 0 unspecified atom stereocenters. The van der Waals surface area contributed by atoms with Gasteiger partial charge < -0.3 is 10.4 Å². The summed E-state index contributed by atoms with van der Waals surface area (Å²) >= 11 is 0.